The first kappa shape index (κ1) is 14.8. The Labute approximate surface area is 140 Å². The van der Waals surface area contributed by atoms with Gasteiger partial charge in [-0.1, -0.05) is 36.4 Å². The average molecular weight is 319 g/mol. The van der Waals surface area contributed by atoms with Crippen LogP contribution in [0.15, 0.2) is 54.7 Å². The zero-order valence-corrected chi connectivity index (χ0v) is 13.3. The molecule has 0 saturated carbocycles. The SMILES string of the molecule is COc1nc(-c2ccccn2)c2c(n1)C(Cc1ccccc1)OC2. The molecule has 3 aromatic rings. The van der Waals surface area contributed by atoms with Crippen LogP contribution < -0.4 is 4.74 Å². The van der Waals surface area contributed by atoms with Gasteiger partial charge in [-0.05, 0) is 17.7 Å². The Kier molecular flexibility index (Phi) is 3.92. The number of ether oxygens (including phenoxy) is 2. The van der Waals surface area contributed by atoms with Crippen molar-refractivity contribution >= 4 is 0 Å². The monoisotopic (exact) mass is 319 g/mol. The smallest absolute Gasteiger partial charge is 0.317 e. The zero-order valence-electron chi connectivity index (χ0n) is 13.3. The molecule has 1 aliphatic rings. The van der Waals surface area contributed by atoms with E-state index in [0.717, 1.165) is 29.1 Å². The van der Waals surface area contributed by atoms with Crippen LogP contribution in [0.4, 0.5) is 0 Å². The molecule has 1 unspecified atom stereocenters. The van der Waals surface area contributed by atoms with Crippen molar-refractivity contribution in [2.24, 2.45) is 0 Å². The average Bonchev–Trinajstić information content (AvgIpc) is 3.05. The number of nitrogens with zero attached hydrogens (tertiary/aromatic N) is 3. The van der Waals surface area contributed by atoms with Gasteiger partial charge in [0, 0.05) is 18.2 Å². The minimum Gasteiger partial charge on any atom is -0.467 e. The highest BCUT2D eigenvalue weighted by Gasteiger charge is 2.30. The van der Waals surface area contributed by atoms with Crippen molar-refractivity contribution in [2.75, 3.05) is 7.11 Å². The van der Waals surface area contributed by atoms with E-state index < -0.39 is 0 Å². The van der Waals surface area contributed by atoms with Crippen molar-refractivity contribution in [3.05, 3.63) is 71.5 Å². The molecule has 4 rings (SSSR count). The maximum Gasteiger partial charge on any atom is 0.317 e. The Morgan fingerprint density at radius 3 is 2.67 bits per heavy atom. The van der Waals surface area contributed by atoms with E-state index in [1.807, 2.05) is 36.4 Å². The summed E-state index contributed by atoms with van der Waals surface area (Å²) in [5.74, 6) is 0. The van der Waals surface area contributed by atoms with Crippen molar-refractivity contribution in [3.63, 3.8) is 0 Å². The van der Waals surface area contributed by atoms with E-state index in [-0.39, 0.29) is 6.10 Å². The standard InChI is InChI=1S/C19H17N3O2/c1-23-19-21-17(15-9-5-6-10-20-15)14-12-24-16(18(14)22-19)11-13-7-3-2-4-8-13/h2-10,16H,11-12H2,1H3. The Hall–Kier alpha value is -2.79. The molecule has 0 aliphatic carbocycles. The Bertz CT molecular complexity index is 838. The molecule has 0 spiro atoms. The van der Waals surface area contributed by atoms with Gasteiger partial charge in [-0.25, -0.2) is 0 Å². The number of rotatable bonds is 4. The molecule has 2 aromatic heterocycles. The molecule has 5 nitrogen and oxygen atoms in total. The Balaban J connectivity index is 1.75. The summed E-state index contributed by atoms with van der Waals surface area (Å²) >= 11 is 0. The number of hydrogen-bond donors (Lipinski definition) is 0. The predicted molar refractivity (Wildman–Crippen MR) is 89.5 cm³/mol. The molecule has 24 heavy (non-hydrogen) atoms. The minimum absolute atomic E-state index is 0.0956. The molecule has 0 saturated heterocycles. The first-order valence-electron chi connectivity index (χ1n) is 7.87. The van der Waals surface area contributed by atoms with Crippen molar-refractivity contribution in [3.8, 4) is 17.4 Å². The van der Waals surface area contributed by atoms with E-state index >= 15 is 0 Å². The molecular formula is C19H17N3O2. The highest BCUT2D eigenvalue weighted by Crippen LogP contribution is 2.37. The lowest BCUT2D eigenvalue weighted by Gasteiger charge is -2.12. The summed E-state index contributed by atoms with van der Waals surface area (Å²) in [6, 6.07) is 16.4. The van der Waals surface area contributed by atoms with Crippen LogP contribution in [0, 0.1) is 0 Å². The second-order valence-corrected chi connectivity index (χ2v) is 5.63. The lowest BCUT2D eigenvalue weighted by molar-refractivity contribution is 0.0646. The topological polar surface area (TPSA) is 57.1 Å². The third kappa shape index (κ3) is 2.74. The molecule has 0 amide bonds. The summed E-state index contributed by atoms with van der Waals surface area (Å²) in [5.41, 5.74) is 4.69. The van der Waals surface area contributed by atoms with E-state index in [1.165, 1.54) is 5.56 Å². The maximum atomic E-state index is 6.00. The van der Waals surface area contributed by atoms with Crippen LogP contribution >= 0.6 is 0 Å². The van der Waals surface area contributed by atoms with Crippen LogP contribution in [0.2, 0.25) is 0 Å². The van der Waals surface area contributed by atoms with E-state index in [4.69, 9.17) is 9.47 Å². The van der Waals surface area contributed by atoms with Gasteiger partial charge in [0.1, 0.15) is 11.8 Å². The fraction of sp³-hybridized carbons (Fsp3) is 0.211. The van der Waals surface area contributed by atoms with Crippen molar-refractivity contribution in [1.29, 1.82) is 0 Å². The van der Waals surface area contributed by atoms with E-state index in [1.54, 1.807) is 13.3 Å². The maximum absolute atomic E-state index is 6.00. The Morgan fingerprint density at radius 1 is 1.08 bits per heavy atom. The van der Waals surface area contributed by atoms with Gasteiger partial charge < -0.3 is 9.47 Å². The minimum atomic E-state index is -0.0956. The van der Waals surface area contributed by atoms with Gasteiger partial charge in [0.25, 0.3) is 0 Å². The van der Waals surface area contributed by atoms with Crippen molar-refractivity contribution in [2.45, 2.75) is 19.1 Å². The van der Waals surface area contributed by atoms with Gasteiger partial charge in [-0.15, -0.1) is 0 Å². The third-order valence-electron chi connectivity index (χ3n) is 4.11. The second kappa shape index (κ2) is 6.37. The largest absolute Gasteiger partial charge is 0.467 e. The summed E-state index contributed by atoms with van der Waals surface area (Å²) < 4.78 is 11.3. The highest BCUT2D eigenvalue weighted by molar-refractivity contribution is 5.61. The summed E-state index contributed by atoms with van der Waals surface area (Å²) in [4.78, 5) is 13.5. The van der Waals surface area contributed by atoms with Crippen LogP contribution in [0.3, 0.4) is 0 Å². The quantitative estimate of drug-likeness (QED) is 0.738. The highest BCUT2D eigenvalue weighted by atomic mass is 16.5. The molecule has 5 heteroatoms. The molecular weight excluding hydrogens is 302 g/mol. The van der Waals surface area contributed by atoms with Gasteiger partial charge in [-0.3, -0.25) is 4.98 Å². The summed E-state index contributed by atoms with van der Waals surface area (Å²) in [6.45, 7) is 0.489. The second-order valence-electron chi connectivity index (χ2n) is 5.63. The first-order chi connectivity index (χ1) is 11.8. The fourth-order valence-electron chi connectivity index (χ4n) is 2.94. The van der Waals surface area contributed by atoms with Gasteiger partial charge in [0.2, 0.25) is 0 Å². The van der Waals surface area contributed by atoms with Gasteiger partial charge in [0.05, 0.1) is 25.1 Å². The lowest BCUT2D eigenvalue weighted by atomic mass is 10.0. The van der Waals surface area contributed by atoms with Gasteiger partial charge in [0.15, 0.2) is 0 Å². The van der Waals surface area contributed by atoms with E-state index in [9.17, 15) is 0 Å². The summed E-state index contributed by atoms with van der Waals surface area (Å²) in [5, 5.41) is 0. The summed E-state index contributed by atoms with van der Waals surface area (Å²) in [6.07, 6.45) is 2.44. The van der Waals surface area contributed by atoms with Gasteiger partial charge in [-0.2, -0.15) is 9.97 Å². The van der Waals surface area contributed by atoms with Crippen molar-refractivity contribution in [1.82, 2.24) is 15.0 Å². The molecule has 3 heterocycles. The number of methoxy groups -OCH3 is 1. The molecule has 0 fully saturated rings. The number of benzene rings is 1. The molecule has 0 bridgehead atoms. The van der Waals surface area contributed by atoms with Crippen LogP contribution in [-0.2, 0) is 17.8 Å². The Morgan fingerprint density at radius 2 is 1.92 bits per heavy atom. The van der Waals surface area contributed by atoms with Crippen LogP contribution in [0.5, 0.6) is 6.01 Å². The number of pyridine rings is 1. The first-order valence-corrected chi connectivity index (χ1v) is 7.87. The summed E-state index contributed by atoms with van der Waals surface area (Å²) in [7, 11) is 1.58. The normalized spacial score (nSPS) is 16.0. The molecule has 1 aromatic carbocycles. The zero-order chi connectivity index (χ0) is 16.4. The van der Waals surface area contributed by atoms with E-state index in [0.29, 0.717) is 12.6 Å². The third-order valence-corrected chi connectivity index (χ3v) is 4.11. The predicted octanol–water partition coefficient (Wildman–Crippen LogP) is 3.36. The van der Waals surface area contributed by atoms with Crippen LogP contribution in [0.25, 0.3) is 11.4 Å². The molecule has 1 aliphatic heterocycles. The van der Waals surface area contributed by atoms with Crippen molar-refractivity contribution < 1.29 is 9.47 Å². The molecule has 120 valence electrons. The van der Waals surface area contributed by atoms with Gasteiger partial charge >= 0.3 is 6.01 Å². The molecule has 0 N–H and O–H groups in total. The lowest BCUT2D eigenvalue weighted by Crippen LogP contribution is -2.06. The number of aromatic nitrogens is 3. The van der Waals surface area contributed by atoms with E-state index in [2.05, 4.69) is 27.1 Å². The van der Waals surface area contributed by atoms with Crippen LogP contribution in [0.1, 0.15) is 22.9 Å². The number of hydrogen-bond acceptors (Lipinski definition) is 5. The van der Waals surface area contributed by atoms with Crippen LogP contribution in [-0.4, -0.2) is 22.1 Å². The number of fused-ring (bicyclic) bond motifs is 1. The fourth-order valence-corrected chi connectivity index (χ4v) is 2.94. The molecule has 1 atom stereocenters. The molecule has 0 radical (unpaired) electrons.